The van der Waals surface area contributed by atoms with E-state index in [1.165, 1.54) is 0 Å². The highest BCUT2D eigenvalue weighted by Crippen LogP contribution is 2.45. The van der Waals surface area contributed by atoms with Crippen molar-refractivity contribution < 1.29 is 14.3 Å². The molecule has 32 heavy (non-hydrogen) atoms. The summed E-state index contributed by atoms with van der Waals surface area (Å²) in [7, 11) is 1.64. The van der Waals surface area contributed by atoms with Crippen molar-refractivity contribution in [2.75, 3.05) is 7.11 Å². The molecule has 0 radical (unpaired) electrons. The van der Waals surface area contributed by atoms with E-state index >= 15 is 0 Å². The Kier molecular flexibility index (Phi) is 4.98. The predicted molar refractivity (Wildman–Crippen MR) is 128 cm³/mol. The van der Waals surface area contributed by atoms with Crippen molar-refractivity contribution in [3.63, 3.8) is 0 Å². The number of hydrogen-bond acceptors (Lipinski definition) is 4. The smallest absolute Gasteiger partial charge is 0.200 e. The Bertz CT molecular complexity index is 1360. The number of ketones is 1. The van der Waals surface area contributed by atoms with Crippen LogP contribution in [0.25, 0.3) is 33.4 Å². The minimum Gasteiger partial charge on any atom is -0.497 e. The monoisotopic (exact) mass is 421 g/mol. The summed E-state index contributed by atoms with van der Waals surface area (Å²) >= 11 is 0. The van der Waals surface area contributed by atoms with E-state index in [1.807, 2.05) is 92.7 Å². The van der Waals surface area contributed by atoms with Gasteiger partial charge < -0.3 is 9.47 Å². The van der Waals surface area contributed by atoms with Crippen LogP contribution in [0.3, 0.4) is 0 Å². The summed E-state index contributed by atoms with van der Waals surface area (Å²) in [6, 6.07) is 25.4. The molecule has 0 unspecified atom stereocenters. The van der Waals surface area contributed by atoms with Crippen LogP contribution in [0.4, 0.5) is 0 Å². The first-order chi connectivity index (χ1) is 15.6. The van der Waals surface area contributed by atoms with Crippen molar-refractivity contribution in [2.24, 2.45) is 0 Å². The lowest BCUT2D eigenvalue weighted by molar-refractivity contribution is 0.105. The van der Waals surface area contributed by atoms with Gasteiger partial charge in [-0.2, -0.15) is 0 Å². The first kappa shape index (κ1) is 20.0. The molecule has 158 valence electrons. The zero-order valence-electron chi connectivity index (χ0n) is 18.3. The second kappa shape index (κ2) is 7.97. The molecule has 0 spiro atoms. The van der Waals surface area contributed by atoms with Gasteiger partial charge in [-0.3, -0.25) is 4.79 Å². The fourth-order valence-electron chi connectivity index (χ4n) is 4.22. The van der Waals surface area contributed by atoms with Gasteiger partial charge in [-0.25, -0.2) is 4.98 Å². The van der Waals surface area contributed by atoms with Gasteiger partial charge in [0.15, 0.2) is 11.5 Å². The van der Waals surface area contributed by atoms with Crippen LogP contribution in [0.15, 0.2) is 78.9 Å². The number of methoxy groups -OCH3 is 1. The maximum absolute atomic E-state index is 14.0. The summed E-state index contributed by atoms with van der Waals surface area (Å²) in [6.07, 6.45) is -0.101. The molecule has 0 amide bonds. The van der Waals surface area contributed by atoms with Gasteiger partial charge in [0.25, 0.3) is 0 Å². The molecule has 3 aromatic carbocycles. The third-order valence-electron chi connectivity index (χ3n) is 5.57. The number of allylic oxidation sites excluding steroid dienone is 1. The highest BCUT2D eigenvalue weighted by Gasteiger charge is 2.37. The van der Waals surface area contributed by atoms with E-state index in [0.717, 1.165) is 33.3 Å². The van der Waals surface area contributed by atoms with Crippen molar-refractivity contribution in [2.45, 2.75) is 20.0 Å². The Labute approximate surface area is 187 Å². The fourth-order valence-corrected chi connectivity index (χ4v) is 4.22. The lowest BCUT2D eigenvalue weighted by atomic mass is 9.92. The molecule has 0 atom stereocenters. The Morgan fingerprint density at radius 3 is 2.09 bits per heavy atom. The number of pyridine rings is 1. The SMILES string of the molecule is COc1ccc2nc3c(c(-c4ccccc4)c2c1)C(=O)C(c1ccccc1)=C3OC(C)C. The normalized spacial score (nSPS) is 13.1. The third kappa shape index (κ3) is 3.25. The molecular formula is C28H23NO3. The number of rotatable bonds is 5. The van der Waals surface area contributed by atoms with Gasteiger partial charge in [-0.05, 0) is 43.2 Å². The quantitative estimate of drug-likeness (QED) is 0.374. The van der Waals surface area contributed by atoms with Gasteiger partial charge in [-0.1, -0.05) is 60.7 Å². The lowest BCUT2D eigenvalue weighted by Crippen LogP contribution is -2.04. The molecule has 4 heteroatoms. The zero-order chi connectivity index (χ0) is 22.2. The van der Waals surface area contributed by atoms with E-state index in [1.54, 1.807) is 7.11 Å². The number of carbonyl (C=O) groups is 1. The molecule has 1 aliphatic rings. The van der Waals surface area contributed by atoms with Crippen molar-refractivity contribution >= 4 is 28.0 Å². The highest BCUT2D eigenvalue weighted by atomic mass is 16.5. The van der Waals surface area contributed by atoms with Crippen molar-refractivity contribution in [3.8, 4) is 16.9 Å². The molecule has 1 aliphatic carbocycles. The molecule has 0 N–H and O–H groups in total. The summed E-state index contributed by atoms with van der Waals surface area (Å²) in [5, 5.41) is 0.876. The number of benzene rings is 3. The van der Waals surface area contributed by atoms with Crippen molar-refractivity contribution in [3.05, 3.63) is 95.7 Å². The molecule has 0 saturated heterocycles. The summed E-state index contributed by atoms with van der Waals surface area (Å²) in [4.78, 5) is 18.9. The summed E-state index contributed by atoms with van der Waals surface area (Å²) in [5.41, 5.74) is 5.15. The Morgan fingerprint density at radius 2 is 1.47 bits per heavy atom. The van der Waals surface area contributed by atoms with Crippen LogP contribution in [0, 0.1) is 0 Å². The Hall–Kier alpha value is -3.92. The number of ether oxygens (including phenoxy) is 2. The summed E-state index contributed by atoms with van der Waals surface area (Å²) in [5.74, 6) is 1.19. The first-order valence-corrected chi connectivity index (χ1v) is 10.7. The van der Waals surface area contributed by atoms with E-state index in [-0.39, 0.29) is 11.9 Å². The minimum absolute atomic E-state index is 0.0714. The second-order valence-corrected chi connectivity index (χ2v) is 8.03. The average Bonchev–Trinajstić information content (AvgIpc) is 3.08. The second-order valence-electron chi connectivity index (χ2n) is 8.03. The van der Waals surface area contributed by atoms with Crippen LogP contribution in [0.2, 0.25) is 0 Å². The van der Waals surface area contributed by atoms with Crippen LogP contribution < -0.4 is 4.74 Å². The maximum atomic E-state index is 14.0. The maximum Gasteiger partial charge on any atom is 0.200 e. The summed E-state index contributed by atoms with van der Waals surface area (Å²) in [6.45, 7) is 3.92. The van der Waals surface area contributed by atoms with Crippen LogP contribution in [-0.4, -0.2) is 24.0 Å². The topological polar surface area (TPSA) is 48.4 Å². The molecule has 1 aromatic heterocycles. The molecule has 4 nitrogen and oxygen atoms in total. The van der Waals surface area contributed by atoms with E-state index in [0.29, 0.717) is 22.6 Å². The third-order valence-corrected chi connectivity index (χ3v) is 5.57. The molecule has 4 aromatic rings. The van der Waals surface area contributed by atoms with Gasteiger partial charge in [0.1, 0.15) is 11.4 Å². The molecular weight excluding hydrogens is 398 g/mol. The van der Waals surface area contributed by atoms with E-state index in [4.69, 9.17) is 14.5 Å². The predicted octanol–water partition coefficient (Wildman–Crippen LogP) is 6.40. The Morgan fingerprint density at radius 1 is 0.812 bits per heavy atom. The van der Waals surface area contributed by atoms with Crippen molar-refractivity contribution in [1.29, 1.82) is 0 Å². The largest absolute Gasteiger partial charge is 0.497 e. The van der Waals surface area contributed by atoms with Gasteiger partial charge in [0, 0.05) is 10.9 Å². The molecule has 0 aliphatic heterocycles. The van der Waals surface area contributed by atoms with Gasteiger partial charge in [0.05, 0.1) is 29.9 Å². The van der Waals surface area contributed by atoms with Gasteiger partial charge in [0.2, 0.25) is 0 Å². The molecule has 0 fully saturated rings. The first-order valence-electron chi connectivity index (χ1n) is 10.7. The van der Waals surface area contributed by atoms with Gasteiger partial charge >= 0.3 is 0 Å². The average molecular weight is 421 g/mol. The Balaban J connectivity index is 1.88. The molecule has 0 bridgehead atoms. The molecule has 0 saturated carbocycles. The standard InChI is InChI=1S/C28H23NO3/c1-17(2)32-28-24(19-12-8-5-9-13-19)27(30)25-23(18-10-6-4-7-11-18)21-16-20(31-3)14-15-22(21)29-26(25)28/h4-17H,1-3H3. The number of aromatic nitrogens is 1. The van der Waals surface area contributed by atoms with Gasteiger partial charge in [-0.15, -0.1) is 0 Å². The number of nitrogens with zero attached hydrogens (tertiary/aromatic N) is 1. The lowest BCUT2D eigenvalue weighted by Gasteiger charge is -2.16. The summed E-state index contributed by atoms with van der Waals surface area (Å²) < 4.78 is 11.7. The highest BCUT2D eigenvalue weighted by molar-refractivity contribution is 6.41. The van der Waals surface area contributed by atoms with Crippen LogP contribution in [-0.2, 0) is 4.74 Å². The van der Waals surface area contributed by atoms with E-state index in [9.17, 15) is 4.79 Å². The van der Waals surface area contributed by atoms with Crippen molar-refractivity contribution in [1.82, 2.24) is 4.98 Å². The number of hydrogen-bond donors (Lipinski definition) is 0. The minimum atomic E-state index is -0.101. The van der Waals surface area contributed by atoms with Crippen LogP contribution >= 0.6 is 0 Å². The number of fused-ring (bicyclic) bond motifs is 2. The number of carbonyl (C=O) groups excluding carboxylic acids is 1. The zero-order valence-corrected chi connectivity index (χ0v) is 18.3. The van der Waals surface area contributed by atoms with Crippen LogP contribution in [0.5, 0.6) is 5.75 Å². The number of Topliss-reactive ketones (excluding diaryl/α,β-unsaturated/α-hetero) is 1. The van der Waals surface area contributed by atoms with E-state index in [2.05, 4.69) is 0 Å². The molecule has 5 rings (SSSR count). The van der Waals surface area contributed by atoms with E-state index < -0.39 is 0 Å². The van der Waals surface area contributed by atoms with Crippen LogP contribution in [0.1, 0.15) is 35.5 Å². The fraction of sp³-hybridized carbons (Fsp3) is 0.143. The molecule has 1 heterocycles.